The van der Waals surface area contributed by atoms with E-state index in [0.29, 0.717) is 13.2 Å². The Hall–Kier alpha value is -0.600. The van der Waals surface area contributed by atoms with Gasteiger partial charge in [-0.2, -0.15) is 0 Å². The van der Waals surface area contributed by atoms with Gasteiger partial charge in [0.15, 0.2) is 6.29 Å². The molecule has 1 saturated heterocycles. The van der Waals surface area contributed by atoms with E-state index in [1.165, 1.54) is 0 Å². The molecule has 0 unspecified atom stereocenters. The number of ether oxygens (including phenoxy) is 2. The predicted molar refractivity (Wildman–Crippen MR) is 48.9 cm³/mol. The van der Waals surface area contributed by atoms with Gasteiger partial charge in [-0.3, -0.25) is 0 Å². The average Bonchev–Trinajstić information content (AvgIpc) is 2.11. The van der Waals surface area contributed by atoms with E-state index < -0.39 is 0 Å². The van der Waals surface area contributed by atoms with Crippen molar-refractivity contribution in [3.05, 3.63) is 24.3 Å². The third kappa shape index (κ3) is 3.20. The summed E-state index contributed by atoms with van der Waals surface area (Å²) in [4.78, 5) is 0. The Morgan fingerprint density at radius 2 is 1.50 bits per heavy atom. The van der Waals surface area contributed by atoms with Crippen LogP contribution >= 0.6 is 0 Å². The second kappa shape index (κ2) is 4.43. The van der Waals surface area contributed by atoms with E-state index in [1.54, 1.807) is 0 Å². The van der Waals surface area contributed by atoms with Crippen molar-refractivity contribution in [3.8, 4) is 0 Å². The van der Waals surface area contributed by atoms with Gasteiger partial charge in [-0.15, -0.1) is 0 Å². The summed E-state index contributed by atoms with van der Waals surface area (Å²) in [6, 6.07) is 0. The Kier molecular flexibility index (Phi) is 3.50. The maximum Gasteiger partial charge on any atom is 0.155 e. The summed E-state index contributed by atoms with van der Waals surface area (Å²) in [5, 5.41) is 0. The standard InChI is InChI=1S/C10H16O2/c1-8-4-5-9(2)7-12-10(3)11-6-8/h10H,1-2,4-7H2,3H3. The van der Waals surface area contributed by atoms with Crippen LogP contribution in [0.5, 0.6) is 0 Å². The molecule has 0 spiro atoms. The predicted octanol–water partition coefficient (Wildman–Crippen LogP) is 2.27. The molecule has 0 aromatic carbocycles. The second-order valence-electron chi connectivity index (χ2n) is 3.19. The van der Waals surface area contributed by atoms with Crippen molar-refractivity contribution >= 4 is 0 Å². The van der Waals surface area contributed by atoms with Crippen molar-refractivity contribution in [2.24, 2.45) is 0 Å². The molecule has 0 aliphatic carbocycles. The summed E-state index contributed by atoms with van der Waals surface area (Å²) in [6.07, 6.45) is 1.79. The van der Waals surface area contributed by atoms with E-state index in [2.05, 4.69) is 13.2 Å². The van der Waals surface area contributed by atoms with Gasteiger partial charge in [0.1, 0.15) is 0 Å². The lowest BCUT2D eigenvalue weighted by Crippen LogP contribution is -2.14. The van der Waals surface area contributed by atoms with Crippen LogP contribution in [-0.2, 0) is 9.47 Å². The van der Waals surface area contributed by atoms with Crippen LogP contribution in [0.15, 0.2) is 24.3 Å². The first-order valence-electron chi connectivity index (χ1n) is 4.25. The molecule has 0 amide bonds. The molecule has 0 N–H and O–H groups in total. The molecule has 0 bridgehead atoms. The van der Waals surface area contributed by atoms with Gasteiger partial charge in [-0.25, -0.2) is 0 Å². The van der Waals surface area contributed by atoms with Gasteiger partial charge < -0.3 is 9.47 Å². The second-order valence-corrected chi connectivity index (χ2v) is 3.19. The minimum absolute atomic E-state index is 0.142. The quantitative estimate of drug-likeness (QED) is 0.516. The lowest BCUT2D eigenvalue weighted by Gasteiger charge is -2.12. The fourth-order valence-electron chi connectivity index (χ4n) is 1.02. The molecule has 0 aromatic rings. The number of rotatable bonds is 0. The average molecular weight is 168 g/mol. The molecule has 0 radical (unpaired) electrons. The molecule has 1 heterocycles. The highest BCUT2D eigenvalue weighted by molar-refractivity contribution is 5.03. The summed E-state index contributed by atoms with van der Waals surface area (Å²) < 4.78 is 10.7. The first kappa shape index (κ1) is 9.49. The van der Waals surface area contributed by atoms with E-state index in [9.17, 15) is 0 Å². The molecule has 68 valence electrons. The smallest absolute Gasteiger partial charge is 0.155 e. The summed E-state index contributed by atoms with van der Waals surface area (Å²) in [6.45, 7) is 10.9. The lowest BCUT2D eigenvalue weighted by molar-refractivity contribution is -0.116. The molecule has 0 aromatic heterocycles. The van der Waals surface area contributed by atoms with E-state index in [-0.39, 0.29) is 6.29 Å². The van der Waals surface area contributed by atoms with Crippen molar-refractivity contribution in [2.75, 3.05) is 13.2 Å². The Bertz CT molecular complexity index is 164. The Labute approximate surface area is 73.9 Å². The van der Waals surface area contributed by atoms with E-state index in [4.69, 9.17) is 9.47 Å². The third-order valence-corrected chi connectivity index (χ3v) is 1.88. The van der Waals surface area contributed by atoms with Crippen LogP contribution < -0.4 is 0 Å². The van der Waals surface area contributed by atoms with E-state index in [0.717, 1.165) is 24.0 Å². The summed E-state index contributed by atoms with van der Waals surface area (Å²) in [5.41, 5.74) is 2.24. The van der Waals surface area contributed by atoms with Crippen LogP contribution in [0, 0.1) is 0 Å². The molecule has 1 fully saturated rings. The van der Waals surface area contributed by atoms with Gasteiger partial charge in [0, 0.05) is 0 Å². The van der Waals surface area contributed by atoms with Crippen molar-refractivity contribution in [2.45, 2.75) is 26.1 Å². The Balaban J connectivity index is 2.46. The molecule has 2 heteroatoms. The molecular weight excluding hydrogens is 152 g/mol. The van der Waals surface area contributed by atoms with Gasteiger partial charge >= 0.3 is 0 Å². The maximum absolute atomic E-state index is 5.36. The lowest BCUT2D eigenvalue weighted by atomic mass is 10.1. The highest BCUT2D eigenvalue weighted by Gasteiger charge is 2.08. The minimum Gasteiger partial charge on any atom is -0.349 e. The molecular formula is C10H16O2. The highest BCUT2D eigenvalue weighted by atomic mass is 16.7. The first-order chi connectivity index (χ1) is 5.68. The van der Waals surface area contributed by atoms with Crippen LogP contribution in [0.4, 0.5) is 0 Å². The number of hydrogen-bond acceptors (Lipinski definition) is 2. The zero-order chi connectivity index (χ0) is 8.97. The first-order valence-corrected chi connectivity index (χ1v) is 4.25. The van der Waals surface area contributed by atoms with Crippen molar-refractivity contribution in [3.63, 3.8) is 0 Å². The van der Waals surface area contributed by atoms with Crippen LogP contribution in [0.2, 0.25) is 0 Å². The van der Waals surface area contributed by atoms with Crippen LogP contribution in [0.1, 0.15) is 19.8 Å². The fourth-order valence-corrected chi connectivity index (χ4v) is 1.02. The molecule has 0 atom stereocenters. The van der Waals surface area contributed by atoms with Gasteiger partial charge in [0.05, 0.1) is 13.2 Å². The van der Waals surface area contributed by atoms with Crippen LogP contribution in [0.25, 0.3) is 0 Å². The Morgan fingerprint density at radius 1 is 1.08 bits per heavy atom. The van der Waals surface area contributed by atoms with Crippen LogP contribution in [0.3, 0.4) is 0 Å². The van der Waals surface area contributed by atoms with Gasteiger partial charge in [0.2, 0.25) is 0 Å². The van der Waals surface area contributed by atoms with E-state index in [1.807, 2.05) is 6.92 Å². The monoisotopic (exact) mass is 168 g/mol. The molecule has 0 saturated carbocycles. The normalized spacial score (nSPS) is 23.1. The number of hydrogen-bond donors (Lipinski definition) is 0. The fraction of sp³-hybridized carbons (Fsp3) is 0.600. The molecule has 1 aliphatic heterocycles. The van der Waals surface area contributed by atoms with Crippen LogP contribution in [-0.4, -0.2) is 19.5 Å². The molecule has 12 heavy (non-hydrogen) atoms. The van der Waals surface area contributed by atoms with Gasteiger partial charge in [-0.05, 0) is 19.8 Å². The summed E-state index contributed by atoms with van der Waals surface area (Å²) >= 11 is 0. The highest BCUT2D eigenvalue weighted by Crippen LogP contribution is 2.14. The summed E-state index contributed by atoms with van der Waals surface area (Å²) in [7, 11) is 0. The van der Waals surface area contributed by atoms with Crippen molar-refractivity contribution in [1.29, 1.82) is 0 Å². The largest absolute Gasteiger partial charge is 0.349 e. The minimum atomic E-state index is -0.142. The SMILES string of the molecule is C=C1CCC(=C)COC(C)OC1. The van der Waals surface area contributed by atoms with E-state index >= 15 is 0 Å². The Morgan fingerprint density at radius 3 is 1.92 bits per heavy atom. The maximum atomic E-state index is 5.36. The zero-order valence-corrected chi connectivity index (χ0v) is 7.64. The summed E-state index contributed by atoms with van der Waals surface area (Å²) in [5.74, 6) is 0. The molecule has 1 rings (SSSR count). The van der Waals surface area contributed by atoms with Gasteiger partial charge in [0.25, 0.3) is 0 Å². The third-order valence-electron chi connectivity index (χ3n) is 1.88. The molecule has 1 aliphatic rings. The van der Waals surface area contributed by atoms with Crippen molar-refractivity contribution < 1.29 is 9.47 Å². The van der Waals surface area contributed by atoms with Crippen molar-refractivity contribution in [1.82, 2.24) is 0 Å². The van der Waals surface area contributed by atoms with Gasteiger partial charge in [-0.1, -0.05) is 24.3 Å². The zero-order valence-electron chi connectivity index (χ0n) is 7.64. The molecule has 2 nitrogen and oxygen atoms in total. The topological polar surface area (TPSA) is 18.5 Å².